The third-order valence-corrected chi connectivity index (χ3v) is 5.46. The molecule has 1 amide bonds. The monoisotopic (exact) mass is 412 g/mol. The summed E-state index contributed by atoms with van der Waals surface area (Å²) in [6.45, 7) is 7.21. The Morgan fingerprint density at radius 3 is 2.40 bits per heavy atom. The van der Waals surface area contributed by atoms with Crippen molar-refractivity contribution in [2.45, 2.75) is 50.5 Å². The summed E-state index contributed by atoms with van der Waals surface area (Å²) in [4.78, 5) is 21.6. The molecule has 160 valence electrons. The Balaban J connectivity index is 1.38. The average Bonchev–Trinajstić information content (AvgIpc) is 3.31. The Morgan fingerprint density at radius 1 is 1.07 bits per heavy atom. The molecule has 1 aromatic heterocycles. The van der Waals surface area contributed by atoms with E-state index in [0.717, 1.165) is 5.69 Å². The summed E-state index contributed by atoms with van der Waals surface area (Å²) in [6, 6.07) is 8.64. The van der Waals surface area contributed by atoms with Crippen molar-refractivity contribution in [3.05, 3.63) is 47.8 Å². The van der Waals surface area contributed by atoms with Gasteiger partial charge in [-0.1, -0.05) is 20.8 Å². The molecule has 0 bridgehead atoms. The second-order valence-corrected chi connectivity index (χ2v) is 8.67. The second-order valence-electron chi connectivity index (χ2n) is 8.67. The van der Waals surface area contributed by atoms with E-state index in [-0.39, 0.29) is 35.6 Å². The zero-order chi connectivity index (χ0) is 21.3. The van der Waals surface area contributed by atoms with Crippen LogP contribution in [0.15, 0.2) is 36.5 Å². The van der Waals surface area contributed by atoms with Crippen LogP contribution >= 0.6 is 0 Å². The lowest BCUT2D eigenvalue weighted by atomic mass is 9.92. The smallest absolute Gasteiger partial charge is 0.251 e. The standard InChI is InChI=1S/C22H28N4O4/c1-22(2,3)17-9-10-23-21(26-17)25-16-12-30-18-15(11-29-19(16)18)24-20(27)13-5-7-14(28-4)8-6-13/h5-10,15-16,18-19H,11-12H2,1-4H3,(H,24,27)(H,23,25,26)/t15-,16-,18+,19+/m0/s1. The van der Waals surface area contributed by atoms with E-state index in [1.807, 2.05) is 6.07 Å². The molecule has 30 heavy (non-hydrogen) atoms. The number of amides is 1. The number of benzene rings is 1. The van der Waals surface area contributed by atoms with Crippen molar-refractivity contribution >= 4 is 11.9 Å². The first-order chi connectivity index (χ1) is 14.3. The van der Waals surface area contributed by atoms with Crippen LogP contribution in [-0.4, -0.2) is 60.5 Å². The van der Waals surface area contributed by atoms with Gasteiger partial charge < -0.3 is 24.8 Å². The van der Waals surface area contributed by atoms with E-state index in [4.69, 9.17) is 14.2 Å². The number of nitrogens with one attached hydrogen (secondary N) is 2. The molecule has 8 nitrogen and oxygen atoms in total. The largest absolute Gasteiger partial charge is 0.497 e. The average molecular weight is 412 g/mol. The van der Waals surface area contributed by atoms with Gasteiger partial charge in [-0.05, 0) is 30.3 Å². The van der Waals surface area contributed by atoms with E-state index in [0.29, 0.717) is 30.5 Å². The summed E-state index contributed by atoms with van der Waals surface area (Å²) in [5.74, 6) is 1.11. The van der Waals surface area contributed by atoms with Gasteiger partial charge in [0.25, 0.3) is 5.91 Å². The molecule has 0 spiro atoms. The maximum absolute atomic E-state index is 12.6. The molecular formula is C22H28N4O4. The molecule has 3 heterocycles. The third-order valence-electron chi connectivity index (χ3n) is 5.46. The van der Waals surface area contributed by atoms with Crippen LogP contribution in [0.4, 0.5) is 5.95 Å². The molecule has 4 rings (SSSR count). The lowest BCUT2D eigenvalue weighted by Crippen LogP contribution is -2.44. The summed E-state index contributed by atoms with van der Waals surface area (Å²) in [6.07, 6.45) is 1.37. The van der Waals surface area contributed by atoms with E-state index in [9.17, 15) is 4.79 Å². The highest BCUT2D eigenvalue weighted by Gasteiger charge is 2.48. The number of methoxy groups -OCH3 is 1. The van der Waals surface area contributed by atoms with Gasteiger partial charge in [0.1, 0.15) is 18.0 Å². The number of nitrogens with zero attached hydrogens (tertiary/aromatic N) is 2. The van der Waals surface area contributed by atoms with Crippen molar-refractivity contribution in [3.63, 3.8) is 0 Å². The van der Waals surface area contributed by atoms with Gasteiger partial charge in [0.15, 0.2) is 0 Å². The van der Waals surface area contributed by atoms with Crippen molar-refractivity contribution in [1.82, 2.24) is 15.3 Å². The van der Waals surface area contributed by atoms with Gasteiger partial charge in [0, 0.05) is 17.2 Å². The van der Waals surface area contributed by atoms with E-state index < -0.39 is 0 Å². The van der Waals surface area contributed by atoms with E-state index in [1.165, 1.54) is 0 Å². The van der Waals surface area contributed by atoms with Crippen molar-refractivity contribution in [1.29, 1.82) is 0 Å². The predicted molar refractivity (Wildman–Crippen MR) is 112 cm³/mol. The summed E-state index contributed by atoms with van der Waals surface area (Å²) in [5.41, 5.74) is 1.47. The van der Waals surface area contributed by atoms with Crippen molar-refractivity contribution in [2.24, 2.45) is 0 Å². The zero-order valence-corrected chi connectivity index (χ0v) is 17.7. The van der Waals surface area contributed by atoms with Crippen LogP contribution in [0.25, 0.3) is 0 Å². The molecule has 0 radical (unpaired) electrons. The normalized spacial score (nSPS) is 25.6. The van der Waals surface area contributed by atoms with Crippen molar-refractivity contribution in [3.8, 4) is 5.75 Å². The van der Waals surface area contributed by atoms with Gasteiger partial charge in [0.2, 0.25) is 5.95 Å². The first-order valence-electron chi connectivity index (χ1n) is 10.1. The zero-order valence-electron chi connectivity index (χ0n) is 17.7. The van der Waals surface area contributed by atoms with Gasteiger partial charge in [0.05, 0.1) is 38.1 Å². The Hall–Kier alpha value is -2.71. The number of carbonyl (C=O) groups excluding carboxylic acids is 1. The van der Waals surface area contributed by atoms with Gasteiger partial charge in [-0.3, -0.25) is 4.79 Å². The number of hydrogen-bond donors (Lipinski definition) is 2. The maximum atomic E-state index is 12.6. The van der Waals surface area contributed by atoms with Crippen LogP contribution < -0.4 is 15.4 Å². The summed E-state index contributed by atoms with van der Waals surface area (Å²) in [7, 11) is 1.59. The van der Waals surface area contributed by atoms with E-state index in [1.54, 1.807) is 37.6 Å². The minimum absolute atomic E-state index is 0.0607. The minimum atomic E-state index is -0.213. The van der Waals surface area contributed by atoms with Crippen LogP contribution in [0.2, 0.25) is 0 Å². The Kier molecular flexibility index (Phi) is 5.62. The fourth-order valence-electron chi connectivity index (χ4n) is 3.75. The molecule has 0 aliphatic carbocycles. The topological polar surface area (TPSA) is 94.6 Å². The minimum Gasteiger partial charge on any atom is -0.497 e. The number of aromatic nitrogens is 2. The Morgan fingerprint density at radius 2 is 1.73 bits per heavy atom. The molecule has 2 aromatic rings. The Labute approximate surface area is 176 Å². The summed E-state index contributed by atoms with van der Waals surface area (Å²) in [5, 5.41) is 6.37. The van der Waals surface area contributed by atoms with Crippen molar-refractivity contribution < 1.29 is 19.0 Å². The SMILES string of the molecule is COc1ccc(C(=O)N[C@H]2CO[C@H]3[C@@H]2OC[C@@H]3Nc2nccc(C(C)(C)C)n2)cc1. The molecule has 8 heteroatoms. The van der Waals surface area contributed by atoms with Crippen molar-refractivity contribution in [2.75, 3.05) is 25.6 Å². The number of anilines is 1. The van der Waals surface area contributed by atoms with E-state index >= 15 is 0 Å². The number of hydrogen-bond acceptors (Lipinski definition) is 7. The predicted octanol–water partition coefficient (Wildman–Crippen LogP) is 2.16. The van der Waals surface area contributed by atoms with Crippen LogP contribution in [0, 0.1) is 0 Å². The second kappa shape index (κ2) is 8.20. The summed E-state index contributed by atoms with van der Waals surface area (Å²) >= 11 is 0. The molecule has 2 N–H and O–H groups in total. The molecule has 2 fully saturated rings. The van der Waals surface area contributed by atoms with Crippen LogP contribution in [0.5, 0.6) is 5.75 Å². The highest BCUT2D eigenvalue weighted by atomic mass is 16.6. The van der Waals surface area contributed by atoms with Crippen LogP contribution in [0.3, 0.4) is 0 Å². The van der Waals surface area contributed by atoms with Gasteiger partial charge >= 0.3 is 0 Å². The molecule has 4 atom stereocenters. The lowest BCUT2D eigenvalue weighted by Gasteiger charge is -2.21. The molecule has 2 saturated heterocycles. The molecular weight excluding hydrogens is 384 g/mol. The first-order valence-corrected chi connectivity index (χ1v) is 10.1. The highest BCUT2D eigenvalue weighted by molar-refractivity contribution is 5.94. The number of ether oxygens (including phenoxy) is 3. The first kappa shape index (κ1) is 20.6. The summed E-state index contributed by atoms with van der Waals surface area (Å²) < 4.78 is 17.1. The Bertz CT molecular complexity index is 897. The van der Waals surface area contributed by atoms with Crippen LogP contribution in [0.1, 0.15) is 36.8 Å². The van der Waals surface area contributed by atoms with Gasteiger partial charge in [-0.2, -0.15) is 0 Å². The molecule has 0 saturated carbocycles. The number of carbonyl (C=O) groups is 1. The van der Waals surface area contributed by atoms with Gasteiger partial charge in [-0.25, -0.2) is 9.97 Å². The number of rotatable bonds is 5. The highest BCUT2D eigenvalue weighted by Crippen LogP contribution is 2.29. The molecule has 2 aliphatic heterocycles. The third kappa shape index (κ3) is 4.24. The fraction of sp³-hybridized carbons (Fsp3) is 0.500. The van der Waals surface area contributed by atoms with E-state index in [2.05, 4.69) is 41.4 Å². The molecule has 2 aliphatic rings. The quantitative estimate of drug-likeness (QED) is 0.777. The maximum Gasteiger partial charge on any atom is 0.251 e. The number of fused-ring (bicyclic) bond motifs is 1. The van der Waals surface area contributed by atoms with Gasteiger partial charge in [-0.15, -0.1) is 0 Å². The molecule has 1 aromatic carbocycles. The lowest BCUT2D eigenvalue weighted by molar-refractivity contribution is 0.0652. The van der Waals surface area contributed by atoms with Crippen LogP contribution in [-0.2, 0) is 14.9 Å². The molecule has 0 unspecified atom stereocenters. The fourth-order valence-corrected chi connectivity index (χ4v) is 3.75.